The fraction of sp³-hybridized carbons (Fsp3) is 0.100. The molecule has 5 nitrogen and oxygen atoms in total. The van der Waals surface area contributed by atoms with Crippen LogP contribution in [-0.4, -0.2) is 21.7 Å². The van der Waals surface area contributed by atoms with Crippen molar-refractivity contribution in [3.8, 4) is 22.5 Å². The summed E-state index contributed by atoms with van der Waals surface area (Å²) >= 11 is 0. The van der Waals surface area contributed by atoms with Crippen LogP contribution >= 0.6 is 0 Å². The number of nitrogens with two attached hydrogens (primary N) is 1. The van der Waals surface area contributed by atoms with Gasteiger partial charge in [-0.1, -0.05) is 24.3 Å². The Morgan fingerprint density at radius 2 is 1.76 bits per heavy atom. The van der Waals surface area contributed by atoms with Gasteiger partial charge < -0.3 is 15.3 Å². The van der Waals surface area contributed by atoms with Crippen molar-refractivity contribution in [2.45, 2.75) is 6.42 Å². The number of fused-ring (bicyclic) bond motifs is 1. The van der Waals surface area contributed by atoms with Crippen LogP contribution in [0.15, 0.2) is 65.3 Å². The highest BCUT2D eigenvalue weighted by Crippen LogP contribution is 2.33. The van der Waals surface area contributed by atoms with Crippen LogP contribution < -0.4 is 5.73 Å². The predicted molar refractivity (Wildman–Crippen MR) is 97.9 cm³/mol. The monoisotopic (exact) mass is 331 g/mol. The maximum Gasteiger partial charge on any atom is 0.161 e. The van der Waals surface area contributed by atoms with Crippen molar-refractivity contribution in [3.63, 3.8) is 0 Å². The standard InChI is InChI=1S/C20H17N3O2/c21-19-6-5-15(12-23-19)16-7-9-22-17-11-18(25-20(16)17)14-3-1-13(2-4-14)8-10-24/h1-7,9,11-12,24H,8,10H2,(H2,21,23). The fourth-order valence-electron chi connectivity index (χ4n) is 2.84. The first kappa shape index (κ1) is 15.4. The van der Waals surface area contributed by atoms with E-state index in [9.17, 15) is 0 Å². The van der Waals surface area contributed by atoms with E-state index >= 15 is 0 Å². The minimum absolute atomic E-state index is 0.146. The Hall–Kier alpha value is -3.18. The predicted octanol–water partition coefficient (Wildman–Crippen LogP) is 3.67. The van der Waals surface area contributed by atoms with E-state index < -0.39 is 0 Å². The molecule has 25 heavy (non-hydrogen) atoms. The summed E-state index contributed by atoms with van der Waals surface area (Å²) in [6.07, 6.45) is 4.14. The Kier molecular flexibility index (Phi) is 3.91. The smallest absolute Gasteiger partial charge is 0.161 e. The van der Waals surface area contributed by atoms with E-state index in [4.69, 9.17) is 15.3 Å². The first-order valence-corrected chi connectivity index (χ1v) is 8.05. The van der Waals surface area contributed by atoms with Crippen LogP contribution in [0, 0.1) is 0 Å². The van der Waals surface area contributed by atoms with Crippen molar-refractivity contribution in [3.05, 3.63) is 66.5 Å². The number of hydrogen-bond acceptors (Lipinski definition) is 5. The highest BCUT2D eigenvalue weighted by Gasteiger charge is 2.12. The van der Waals surface area contributed by atoms with E-state index in [1.54, 1.807) is 18.5 Å². The molecule has 0 radical (unpaired) electrons. The zero-order valence-electron chi connectivity index (χ0n) is 13.5. The minimum Gasteiger partial charge on any atom is -0.454 e. The van der Waals surface area contributed by atoms with E-state index in [0.29, 0.717) is 12.2 Å². The number of hydrogen-bond donors (Lipinski definition) is 2. The molecule has 0 unspecified atom stereocenters. The van der Waals surface area contributed by atoms with Crippen LogP contribution in [0.3, 0.4) is 0 Å². The van der Waals surface area contributed by atoms with Crippen molar-refractivity contribution in [1.29, 1.82) is 0 Å². The lowest BCUT2D eigenvalue weighted by molar-refractivity contribution is 0.299. The van der Waals surface area contributed by atoms with Crippen molar-refractivity contribution >= 4 is 16.9 Å². The summed E-state index contributed by atoms with van der Waals surface area (Å²) in [5.74, 6) is 1.24. The number of aliphatic hydroxyl groups excluding tert-OH is 1. The molecule has 0 aliphatic heterocycles. The highest BCUT2D eigenvalue weighted by atomic mass is 16.3. The van der Waals surface area contributed by atoms with Gasteiger partial charge in [0.1, 0.15) is 17.1 Å². The fourth-order valence-corrected chi connectivity index (χ4v) is 2.84. The summed E-state index contributed by atoms with van der Waals surface area (Å²) in [5, 5.41) is 9.02. The lowest BCUT2D eigenvalue weighted by Crippen LogP contribution is -1.89. The van der Waals surface area contributed by atoms with Gasteiger partial charge in [-0.2, -0.15) is 0 Å². The topological polar surface area (TPSA) is 85.2 Å². The van der Waals surface area contributed by atoms with E-state index in [-0.39, 0.29) is 6.61 Å². The normalized spacial score (nSPS) is 11.1. The molecule has 1 aromatic carbocycles. The third-order valence-corrected chi connectivity index (χ3v) is 4.15. The van der Waals surface area contributed by atoms with E-state index in [1.165, 1.54) is 0 Å². The maximum atomic E-state index is 9.02. The number of furan rings is 1. The van der Waals surface area contributed by atoms with Gasteiger partial charge in [-0.15, -0.1) is 0 Å². The quantitative estimate of drug-likeness (QED) is 0.596. The van der Waals surface area contributed by atoms with Crippen LogP contribution in [0.5, 0.6) is 0 Å². The summed E-state index contributed by atoms with van der Waals surface area (Å²) < 4.78 is 6.10. The Morgan fingerprint density at radius 1 is 0.960 bits per heavy atom. The molecule has 0 aliphatic rings. The lowest BCUT2D eigenvalue weighted by Gasteiger charge is -2.02. The Bertz CT molecular complexity index is 1010. The van der Waals surface area contributed by atoms with E-state index in [2.05, 4.69) is 9.97 Å². The molecule has 0 saturated carbocycles. The third kappa shape index (κ3) is 2.97. The molecule has 3 N–H and O–H groups in total. The van der Waals surface area contributed by atoms with Gasteiger partial charge in [0.2, 0.25) is 0 Å². The molecular weight excluding hydrogens is 314 g/mol. The summed E-state index contributed by atoms with van der Waals surface area (Å²) in [5.41, 5.74) is 11.1. The highest BCUT2D eigenvalue weighted by molar-refractivity contribution is 5.92. The number of aromatic nitrogens is 2. The second-order valence-corrected chi connectivity index (χ2v) is 5.83. The van der Waals surface area contributed by atoms with Gasteiger partial charge >= 0.3 is 0 Å². The Labute approximate surface area is 144 Å². The number of rotatable bonds is 4. The lowest BCUT2D eigenvalue weighted by atomic mass is 10.1. The van der Waals surface area contributed by atoms with Gasteiger partial charge in [0.05, 0.1) is 0 Å². The Morgan fingerprint density at radius 3 is 2.48 bits per heavy atom. The molecule has 3 heterocycles. The van der Waals surface area contributed by atoms with E-state index in [0.717, 1.165) is 39.1 Å². The number of pyridine rings is 2. The third-order valence-electron chi connectivity index (χ3n) is 4.15. The first-order chi connectivity index (χ1) is 12.2. The molecule has 0 saturated heterocycles. The summed E-state index contributed by atoms with van der Waals surface area (Å²) in [6, 6.07) is 15.5. The van der Waals surface area contributed by atoms with Crippen LogP contribution in [-0.2, 0) is 6.42 Å². The number of aliphatic hydroxyl groups is 1. The zero-order chi connectivity index (χ0) is 17.2. The van der Waals surface area contributed by atoms with Crippen molar-refractivity contribution in [1.82, 2.24) is 9.97 Å². The zero-order valence-corrected chi connectivity index (χ0v) is 13.5. The molecule has 0 atom stereocenters. The van der Waals surface area contributed by atoms with Crippen LogP contribution in [0.25, 0.3) is 33.6 Å². The van der Waals surface area contributed by atoms with Crippen molar-refractivity contribution in [2.75, 3.05) is 12.3 Å². The van der Waals surface area contributed by atoms with Crippen molar-refractivity contribution in [2.24, 2.45) is 0 Å². The van der Waals surface area contributed by atoms with Gasteiger partial charge in [0.15, 0.2) is 5.58 Å². The average molecular weight is 331 g/mol. The molecule has 5 heteroatoms. The average Bonchev–Trinajstić information content (AvgIpc) is 3.08. The summed E-state index contributed by atoms with van der Waals surface area (Å²) in [4.78, 5) is 8.56. The van der Waals surface area contributed by atoms with Gasteiger partial charge in [0.25, 0.3) is 0 Å². The summed E-state index contributed by atoms with van der Waals surface area (Å²) in [7, 11) is 0. The van der Waals surface area contributed by atoms with Crippen LogP contribution in [0.2, 0.25) is 0 Å². The molecule has 4 aromatic rings. The second-order valence-electron chi connectivity index (χ2n) is 5.83. The molecule has 124 valence electrons. The molecule has 4 rings (SSSR count). The van der Waals surface area contributed by atoms with Gasteiger partial charge in [0, 0.05) is 41.8 Å². The largest absolute Gasteiger partial charge is 0.454 e. The van der Waals surface area contributed by atoms with Gasteiger partial charge in [-0.3, -0.25) is 4.98 Å². The van der Waals surface area contributed by atoms with E-state index in [1.807, 2.05) is 42.5 Å². The van der Waals surface area contributed by atoms with Crippen LogP contribution in [0.4, 0.5) is 5.82 Å². The van der Waals surface area contributed by atoms with Crippen LogP contribution in [0.1, 0.15) is 5.56 Å². The number of anilines is 1. The number of benzene rings is 1. The maximum absolute atomic E-state index is 9.02. The van der Waals surface area contributed by atoms with Gasteiger partial charge in [-0.05, 0) is 30.2 Å². The second kappa shape index (κ2) is 6.37. The molecule has 0 spiro atoms. The Balaban J connectivity index is 1.77. The number of nitrogens with zero attached hydrogens (tertiary/aromatic N) is 2. The molecule has 3 aromatic heterocycles. The summed E-state index contributed by atoms with van der Waals surface area (Å²) in [6.45, 7) is 0.146. The van der Waals surface area contributed by atoms with Gasteiger partial charge in [-0.25, -0.2) is 4.98 Å². The van der Waals surface area contributed by atoms with Crippen molar-refractivity contribution < 1.29 is 9.52 Å². The first-order valence-electron chi connectivity index (χ1n) is 8.05. The molecule has 0 aliphatic carbocycles. The molecular formula is C20H17N3O2. The SMILES string of the molecule is Nc1ccc(-c2ccnc3cc(-c4ccc(CCO)cc4)oc23)cn1. The molecule has 0 amide bonds. The minimum atomic E-state index is 0.146. The molecule has 0 fully saturated rings. The number of nitrogen functional groups attached to an aromatic ring is 1. The molecule has 0 bridgehead atoms.